The maximum absolute atomic E-state index is 10.5. The highest BCUT2D eigenvalue weighted by molar-refractivity contribution is 5.17. The van der Waals surface area contributed by atoms with E-state index in [4.69, 9.17) is 14.9 Å². The number of nitrogens with zero attached hydrogens (tertiary/aromatic N) is 1. The molecule has 2 unspecified atom stereocenters. The summed E-state index contributed by atoms with van der Waals surface area (Å²) in [5.74, 6) is 0.219. The van der Waals surface area contributed by atoms with Crippen molar-refractivity contribution >= 4 is 5.88 Å². The van der Waals surface area contributed by atoms with Crippen molar-refractivity contribution in [3.63, 3.8) is 0 Å². The van der Waals surface area contributed by atoms with Crippen LogP contribution in [0.2, 0.25) is 0 Å². The van der Waals surface area contributed by atoms with E-state index in [1.807, 2.05) is 0 Å². The Morgan fingerprint density at radius 2 is 2.17 bits per heavy atom. The molecule has 100 valence electrons. The molecule has 0 aromatic carbocycles. The summed E-state index contributed by atoms with van der Waals surface area (Å²) in [4.78, 5) is 9.91. The molecule has 1 aromatic heterocycles. The van der Waals surface area contributed by atoms with E-state index in [1.165, 1.54) is 12.5 Å². The van der Waals surface area contributed by atoms with Gasteiger partial charge in [-0.25, -0.2) is 0 Å². The number of hydrogen-bond acceptors (Lipinski definition) is 5. The number of hydrogen-bond donors (Lipinski definition) is 1. The lowest BCUT2D eigenvalue weighted by atomic mass is 10.1. The third-order valence-electron chi connectivity index (χ3n) is 3.27. The van der Waals surface area contributed by atoms with Gasteiger partial charge in [0.1, 0.15) is 17.3 Å². The largest absolute Gasteiger partial charge is 0.433 e. The molecule has 6 heteroatoms. The highest BCUT2D eigenvalue weighted by Crippen LogP contribution is 2.22. The fourth-order valence-electron chi connectivity index (χ4n) is 2.24. The van der Waals surface area contributed by atoms with Gasteiger partial charge in [-0.2, -0.15) is 0 Å². The van der Waals surface area contributed by atoms with Gasteiger partial charge in [0.2, 0.25) is 0 Å². The summed E-state index contributed by atoms with van der Waals surface area (Å²) in [6, 6.07) is 2.96. The lowest BCUT2D eigenvalue weighted by Gasteiger charge is -2.21. The Labute approximate surface area is 105 Å². The summed E-state index contributed by atoms with van der Waals surface area (Å²) < 4.78 is 10.8. The van der Waals surface area contributed by atoms with Gasteiger partial charge in [-0.15, -0.1) is 0 Å². The molecule has 1 aliphatic rings. The molecule has 18 heavy (non-hydrogen) atoms. The monoisotopic (exact) mass is 254 g/mol. The van der Waals surface area contributed by atoms with E-state index < -0.39 is 4.92 Å². The van der Waals surface area contributed by atoms with Crippen LogP contribution in [0.25, 0.3) is 0 Å². The first kappa shape index (κ1) is 13.0. The SMILES string of the molecule is NC1CCCCCC1OCc1ccc([N+](=O)[O-])o1. The van der Waals surface area contributed by atoms with Gasteiger partial charge in [0.05, 0.1) is 12.2 Å². The van der Waals surface area contributed by atoms with Gasteiger partial charge in [-0.3, -0.25) is 10.1 Å². The zero-order chi connectivity index (χ0) is 13.0. The minimum absolute atomic E-state index is 0.0247. The van der Waals surface area contributed by atoms with Crippen molar-refractivity contribution in [1.82, 2.24) is 0 Å². The molecule has 1 aliphatic carbocycles. The van der Waals surface area contributed by atoms with Crippen molar-refractivity contribution in [2.24, 2.45) is 5.73 Å². The van der Waals surface area contributed by atoms with E-state index in [2.05, 4.69) is 0 Å². The third kappa shape index (κ3) is 3.30. The first-order chi connectivity index (χ1) is 8.66. The molecule has 0 saturated heterocycles. The van der Waals surface area contributed by atoms with Crippen molar-refractivity contribution < 1.29 is 14.1 Å². The Balaban J connectivity index is 1.87. The van der Waals surface area contributed by atoms with Crippen LogP contribution in [-0.4, -0.2) is 17.1 Å². The Bertz CT molecular complexity index is 405. The van der Waals surface area contributed by atoms with Crippen LogP contribution < -0.4 is 5.73 Å². The maximum atomic E-state index is 10.5. The van der Waals surface area contributed by atoms with Crippen molar-refractivity contribution in [1.29, 1.82) is 0 Å². The summed E-state index contributed by atoms with van der Waals surface area (Å²) >= 11 is 0. The van der Waals surface area contributed by atoms with Gasteiger partial charge in [0.25, 0.3) is 0 Å². The average Bonchev–Trinajstić information content (AvgIpc) is 2.72. The highest BCUT2D eigenvalue weighted by atomic mass is 16.6. The first-order valence-corrected chi connectivity index (χ1v) is 6.27. The predicted molar refractivity (Wildman–Crippen MR) is 65.0 cm³/mol. The van der Waals surface area contributed by atoms with Gasteiger partial charge < -0.3 is 14.9 Å². The van der Waals surface area contributed by atoms with Crippen molar-refractivity contribution in [3.05, 3.63) is 28.0 Å². The zero-order valence-corrected chi connectivity index (χ0v) is 10.2. The molecule has 1 heterocycles. The maximum Gasteiger partial charge on any atom is 0.433 e. The van der Waals surface area contributed by atoms with E-state index in [0.717, 1.165) is 25.7 Å². The molecule has 2 rings (SSSR count). The van der Waals surface area contributed by atoms with Crippen molar-refractivity contribution in [2.45, 2.75) is 50.9 Å². The molecule has 2 atom stereocenters. The minimum atomic E-state index is -0.555. The summed E-state index contributed by atoms with van der Waals surface area (Å²) in [6.45, 7) is 0.242. The number of nitrogens with two attached hydrogens (primary N) is 1. The van der Waals surface area contributed by atoms with Gasteiger partial charge >= 0.3 is 5.88 Å². The van der Waals surface area contributed by atoms with Crippen LogP contribution in [0.15, 0.2) is 16.5 Å². The van der Waals surface area contributed by atoms with E-state index in [1.54, 1.807) is 6.07 Å². The van der Waals surface area contributed by atoms with E-state index in [9.17, 15) is 10.1 Å². The van der Waals surface area contributed by atoms with Crippen LogP contribution in [0.3, 0.4) is 0 Å². The number of nitro groups is 1. The second-order valence-corrected chi connectivity index (χ2v) is 4.65. The molecule has 0 radical (unpaired) electrons. The Morgan fingerprint density at radius 1 is 1.39 bits per heavy atom. The standard InChI is InChI=1S/C12H18N2O4/c13-10-4-2-1-3-5-11(10)17-8-9-6-7-12(18-9)14(15)16/h6-7,10-11H,1-5,8,13H2. The van der Waals surface area contributed by atoms with Gasteiger partial charge in [-0.05, 0) is 18.9 Å². The molecule has 0 amide bonds. The van der Waals surface area contributed by atoms with Gasteiger partial charge in [0.15, 0.2) is 0 Å². The molecular formula is C12H18N2O4. The number of rotatable bonds is 4. The van der Waals surface area contributed by atoms with Gasteiger partial charge in [-0.1, -0.05) is 19.3 Å². The molecule has 0 spiro atoms. The van der Waals surface area contributed by atoms with Crippen molar-refractivity contribution in [2.75, 3.05) is 0 Å². The molecule has 0 bridgehead atoms. The van der Waals surface area contributed by atoms with Crippen LogP contribution in [0.1, 0.15) is 37.9 Å². The summed E-state index contributed by atoms with van der Waals surface area (Å²) in [5, 5.41) is 10.5. The van der Waals surface area contributed by atoms with Crippen LogP contribution in [-0.2, 0) is 11.3 Å². The quantitative estimate of drug-likeness (QED) is 0.506. The molecule has 1 fully saturated rings. The molecule has 1 saturated carbocycles. The Kier molecular flexibility index (Phi) is 4.33. The fourth-order valence-corrected chi connectivity index (χ4v) is 2.24. The molecule has 6 nitrogen and oxygen atoms in total. The second kappa shape index (κ2) is 5.97. The molecular weight excluding hydrogens is 236 g/mol. The normalized spacial score (nSPS) is 24.7. The molecule has 0 aliphatic heterocycles. The Hall–Kier alpha value is -1.40. The summed E-state index contributed by atoms with van der Waals surface area (Å²) in [7, 11) is 0. The lowest BCUT2D eigenvalue weighted by Crippen LogP contribution is -2.35. The number of furan rings is 1. The first-order valence-electron chi connectivity index (χ1n) is 6.27. The van der Waals surface area contributed by atoms with E-state index in [-0.39, 0.29) is 24.6 Å². The summed E-state index contributed by atoms with van der Waals surface area (Å²) in [6.07, 6.45) is 5.41. The van der Waals surface area contributed by atoms with Crippen LogP contribution >= 0.6 is 0 Å². The smallest absolute Gasteiger partial charge is 0.403 e. The van der Waals surface area contributed by atoms with Crippen molar-refractivity contribution in [3.8, 4) is 0 Å². The molecule has 2 N–H and O–H groups in total. The third-order valence-corrected chi connectivity index (χ3v) is 3.27. The van der Waals surface area contributed by atoms with Crippen LogP contribution in [0.4, 0.5) is 5.88 Å². The lowest BCUT2D eigenvalue weighted by molar-refractivity contribution is -0.402. The Morgan fingerprint density at radius 3 is 2.89 bits per heavy atom. The van der Waals surface area contributed by atoms with Crippen LogP contribution in [0.5, 0.6) is 0 Å². The topological polar surface area (TPSA) is 91.5 Å². The molecule has 1 aromatic rings. The van der Waals surface area contributed by atoms with Crippen LogP contribution in [0, 0.1) is 10.1 Å². The minimum Gasteiger partial charge on any atom is -0.403 e. The number of ether oxygens (including phenoxy) is 1. The second-order valence-electron chi connectivity index (χ2n) is 4.65. The van der Waals surface area contributed by atoms with Gasteiger partial charge in [0, 0.05) is 6.04 Å². The predicted octanol–water partition coefficient (Wildman–Crippen LogP) is 2.36. The summed E-state index contributed by atoms with van der Waals surface area (Å²) in [5.41, 5.74) is 6.03. The van der Waals surface area contributed by atoms with E-state index >= 15 is 0 Å². The average molecular weight is 254 g/mol. The fraction of sp³-hybridized carbons (Fsp3) is 0.667. The highest BCUT2D eigenvalue weighted by Gasteiger charge is 2.21. The van der Waals surface area contributed by atoms with E-state index in [0.29, 0.717) is 5.76 Å². The zero-order valence-electron chi connectivity index (χ0n) is 10.2.